The van der Waals surface area contributed by atoms with Gasteiger partial charge in [0.05, 0.1) is 24.6 Å². The fourth-order valence-electron chi connectivity index (χ4n) is 2.52. The molecular formula is C13H18N2O4. The lowest BCUT2D eigenvalue weighted by Gasteiger charge is -2.27. The van der Waals surface area contributed by atoms with E-state index in [9.17, 15) is 9.59 Å². The minimum Gasteiger partial charge on any atom is -0.481 e. The molecule has 2 rings (SSSR count). The third kappa shape index (κ3) is 3.33. The number of aryl methyl sites for hydroxylation is 1. The van der Waals surface area contributed by atoms with Crippen LogP contribution in [0.1, 0.15) is 37.3 Å². The van der Waals surface area contributed by atoms with Gasteiger partial charge in [-0.2, -0.15) is 0 Å². The van der Waals surface area contributed by atoms with Crippen LogP contribution in [-0.4, -0.2) is 22.0 Å². The van der Waals surface area contributed by atoms with Crippen molar-refractivity contribution in [3.8, 4) is 0 Å². The van der Waals surface area contributed by atoms with E-state index in [1.54, 1.807) is 13.1 Å². The molecule has 0 spiro atoms. The van der Waals surface area contributed by atoms with Crippen LogP contribution in [-0.2, 0) is 16.1 Å². The molecule has 0 bridgehead atoms. The molecule has 1 aromatic heterocycles. The highest BCUT2D eigenvalue weighted by atomic mass is 16.4. The van der Waals surface area contributed by atoms with Gasteiger partial charge in [0, 0.05) is 0 Å². The second-order valence-electron chi connectivity index (χ2n) is 4.92. The Kier molecular flexibility index (Phi) is 4.19. The minimum atomic E-state index is -0.883. The second-order valence-corrected chi connectivity index (χ2v) is 4.92. The molecule has 19 heavy (non-hydrogen) atoms. The molecule has 1 aliphatic rings. The summed E-state index contributed by atoms with van der Waals surface area (Å²) in [7, 11) is 0. The van der Waals surface area contributed by atoms with Crippen molar-refractivity contribution in [1.29, 1.82) is 0 Å². The first-order chi connectivity index (χ1) is 9.08. The van der Waals surface area contributed by atoms with Gasteiger partial charge in [0.15, 0.2) is 0 Å². The van der Waals surface area contributed by atoms with E-state index in [-0.39, 0.29) is 12.5 Å². The summed E-state index contributed by atoms with van der Waals surface area (Å²) in [6, 6.07) is 0. The van der Waals surface area contributed by atoms with Crippen molar-refractivity contribution >= 4 is 11.9 Å². The number of carbonyl (C=O) groups is 2. The predicted molar refractivity (Wildman–Crippen MR) is 66.2 cm³/mol. The Morgan fingerprint density at radius 3 is 2.68 bits per heavy atom. The van der Waals surface area contributed by atoms with E-state index in [4.69, 9.17) is 9.52 Å². The number of nitrogens with zero attached hydrogens (tertiary/aromatic N) is 1. The number of aliphatic carboxylic acids is 1. The zero-order chi connectivity index (χ0) is 13.8. The summed E-state index contributed by atoms with van der Waals surface area (Å²) >= 11 is 0. The first kappa shape index (κ1) is 13.6. The SMILES string of the molecule is Cc1cnc(CNC(=O)C2CCCCC2C(=O)O)o1. The van der Waals surface area contributed by atoms with Gasteiger partial charge in [0.25, 0.3) is 0 Å². The Morgan fingerprint density at radius 1 is 1.42 bits per heavy atom. The monoisotopic (exact) mass is 266 g/mol. The van der Waals surface area contributed by atoms with Gasteiger partial charge < -0.3 is 14.8 Å². The molecule has 1 amide bonds. The van der Waals surface area contributed by atoms with Gasteiger partial charge in [-0.05, 0) is 19.8 Å². The van der Waals surface area contributed by atoms with E-state index < -0.39 is 17.8 Å². The van der Waals surface area contributed by atoms with Gasteiger partial charge >= 0.3 is 5.97 Å². The van der Waals surface area contributed by atoms with Crippen molar-refractivity contribution in [2.75, 3.05) is 0 Å². The summed E-state index contributed by atoms with van der Waals surface area (Å²) in [6.07, 6.45) is 4.57. The summed E-state index contributed by atoms with van der Waals surface area (Å²) in [6.45, 7) is 1.98. The van der Waals surface area contributed by atoms with Crippen LogP contribution in [0.5, 0.6) is 0 Å². The van der Waals surface area contributed by atoms with Crippen LogP contribution >= 0.6 is 0 Å². The minimum absolute atomic E-state index is 0.204. The van der Waals surface area contributed by atoms with E-state index in [1.807, 2.05) is 0 Å². The third-order valence-electron chi connectivity index (χ3n) is 3.50. The van der Waals surface area contributed by atoms with Crippen LogP contribution in [0.4, 0.5) is 0 Å². The van der Waals surface area contributed by atoms with Gasteiger partial charge in [0.1, 0.15) is 5.76 Å². The Hall–Kier alpha value is -1.85. The lowest BCUT2D eigenvalue weighted by Crippen LogP contribution is -2.39. The van der Waals surface area contributed by atoms with Gasteiger partial charge in [-0.25, -0.2) is 4.98 Å². The summed E-state index contributed by atoms with van der Waals surface area (Å²) < 4.78 is 5.25. The molecule has 0 aliphatic heterocycles. The summed E-state index contributed by atoms with van der Waals surface area (Å²) in [5.74, 6) is -0.990. The summed E-state index contributed by atoms with van der Waals surface area (Å²) in [4.78, 5) is 27.2. The number of rotatable bonds is 4. The Morgan fingerprint density at radius 2 is 2.11 bits per heavy atom. The van der Waals surface area contributed by atoms with E-state index in [0.29, 0.717) is 24.5 Å². The fraction of sp³-hybridized carbons (Fsp3) is 0.615. The van der Waals surface area contributed by atoms with E-state index in [0.717, 1.165) is 12.8 Å². The number of oxazole rings is 1. The van der Waals surface area contributed by atoms with Gasteiger partial charge in [0.2, 0.25) is 11.8 Å². The van der Waals surface area contributed by atoms with Gasteiger partial charge in [-0.3, -0.25) is 9.59 Å². The zero-order valence-electron chi connectivity index (χ0n) is 10.9. The maximum Gasteiger partial charge on any atom is 0.307 e. The molecule has 0 saturated heterocycles. The Bertz CT molecular complexity index is 469. The predicted octanol–water partition coefficient (Wildman–Crippen LogP) is 1.49. The van der Waals surface area contributed by atoms with Crippen LogP contribution in [0, 0.1) is 18.8 Å². The number of aromatic nitrogens is 1. The van der Waals surface area contributed by atoms with E-state index >= 15 is 0 Å². The van der Waals surface area contributed by atoms with Crippen LogP contribution in [0.15, 0.2) is 10.6 Å². The Labute approximate surface area is 111 Å². The van der Waals surface area contributed by atoms with Crippen molar-refractivity contribution < 1.29 is 19.1 Å². The highest BCUT2D eigenvalue weighted by Crippen LogP contribution is 2.30. The largest absolute Gasteiger partial charge is 0.481 e. The van der Waals surface area contributed by atoms with Crippen molar-refractivity contribution in [3.05, 3.63) is 17.8 Å². The summed E-state index contributed by atoms with van der Waals surface area (Å²) in [5, 5.41) is 11.8. The number of hydrogen-bond donors (Lipinski definition) is 2. The molecular weight excluding hydrogens is 248 g/mol. The van der Waals surface area contributed by atoms with Gasteiger partial charge in [-0.1, -0.05) is 12.8 Å². The first-order valence-corrected chi connectivity index (χ1v) is 6.49. The number of nitrogens with one attached hydrogen (secondary N) is 1. The summed E-state index contributed by atoms with van der Waals surface area (Å²) in [5.41, 5.74) is 0. The standard InChI is InChI=1S/C13H18N2O4/c1-8-6-14-11(19-8)7-15-12(16)9-4-2-3-5-10(9)13(17)18/h6,9-10H,2-5,7H2,1H3,(H,15,16)(H,17,18). The molecule has 104 valence electrons. The average Bonchev–Trinajstić information content (AvgIpc) is 2.81. The topological polar surface area (TPSA) is 92.4 Å². The quantitative estimate of drug-likeness (QED) is 0.861. The second kappa shape index (κ2) is 5.86. The molecule has 1 fully saturated rings. The number of carbonyl (C=O) groups excluding carboxylic acids is 1. The maximum absolute atomic E-state index is 12.0. The average molecular weight is 266 g/mol. The highest BCUT2D eigenvalue weighted by molar-refractivity contribution is 5.84. The van der Waals surface area contributed by atoms with Crippen LogP contribution in [0.2, 0.25) is 0 Å². The van der Waals surface area contributed by atoms with Crippen molar-refractivity contribution in [3.63, 3.8) is 0 Å². The van der Waals surface area contributed by atoms with Crippen LogP contribution in [0.3, 0.4) is 0 Å². The van der Waals surface area contributed by atoms with Crippen LogP contribution < -0.4 is 5.32 Å². The molecule has 1 heterocycles. The van der Waals surface area contributed by atoms with E-state index in [1.165, 1.54) is 0 Å². The normalized spacial score (nSPS) is 23.0. The number of amides is 1. The molecule has 0 radical (unpaired) electrons. The van der Waals surface area contributed by atoms with Crippen molar-refractivity contribution in [1.82, 2.24) is 10.3 Å². The molecule has 1 aliphatic carbocycles. The third-order valence-corrected chi connectivity index (χ3v) is 3.50. The Balaban J connectivity index is 1.92. The molecule has 1 aromatic rings. The lowest BCUT2D eigenvalue weighted by atomic mass is 9.79. The molecule has 6 nitrogen and oxygen atoms in total. The van der Waals surface area contributed by atoms with E-state index in [2.05, 4.69) is 10.3 Å². The molecule has 2 N–H and O–H groups in total. The number of carboxylic acids is 1. The number of carboxylic acid groups (broad SMARTS) is 1. The number of hydrogen-bond acceptors (Lipinski definition) is 4. The molecule has 2 unspecified atom stereocenters. The zero-order valence-corrected chi connectivity index (χ0v) is 10.9. The van der Waals surface area contributed by atoms with Crippen LogP contribution in [0.25, 0.3) is 0 Å². The first-order valence-electron chi connectivity index (χ1n) is 6.49. The van der Waals surface area contributed by atoms with Gasteiger partial charge in [-0.15, -0.1) is 0 Å². The highest BCUT2D eigenvalue weighted by Gasteiger charge is 2.35. The molecule has 6 heteroatoms. The molecule has 2 atom stereocenters. The van der Waals surface area contributed by atoms with Crippen molar-refractivity contribution in [2.45, 2.75) is 39.2 Å². The smallest absolute Gasteiger partial charge is 0.307 e. The lowest BCUT2D eigenvalue weighted by molar-refractivity contribution is -0.149. The molecule has 0 aromatic carbocycles. The molecule has 1 saturated carbocycles. The fourth-order valence-corrected chi connectivity index (χ4v) is 2.52. The maximum atomic E-state index is 12.0. The van der Waals surface area contributed by atoms with Crippen molar-refractivity contribution in [2.24, 2.45) is 11.8 Å².